The lowest BCUT2D eigenvalue weighted by molar-refractivity contribution is -0.124. The van der Waals surface area contributed by atoms with Crippen molar-refractivity contribution in [3.63, 3.8) is 0 Å². The Balaban J connectivity index is 1.83. The van der Waals surface area contributed by atoms with Crippen molar-refractivity contribution < 1.29 is 4.79 Å². The van der Waals surface area contributed by atoms with Crippen molar-refractivity contribution >= 4 is 5.78 Å². The van der Waals surface area contributed by atoms with Crippen molar-refractivity contribution in [2.45, 2.75) is 45.6 Å². The van der Waals surface area contributed by atoms with E-state index in [0.717, 1.165) is 19.4 Å². The van der Waals surface area contributed by atoms with Crippen molar-refractivity contribution in [1.82, 2.24) is 4.90 Å². The summed E-state index contributed by atoms with van der Waals surface area (Å²) >= 11 is 0. The molecule has 0 atom stereocenters. The average Bonchev–Trinajstić information content (AvgIpc) is 2.39. The minimum atomic E-state index is 0.328. The molecule has 1 aliphatic rings. The molecule has 0 unspecified atom stereocenters. The zero-order chi connectivity index (χ0) is 13.7. The SMILES string of the molecule is Cc1cccc(CN(C)CC(=O)C2CCCCC2)c1. The van der Waals surface area contributed by atoms with Gasteiger partial charge in [0.2, 0.25) is 0 Å². The highest BCUT2D eigenvalue weighted by Gasteiger charge is 2.21. The van der Waals surface area contributed by atoms with Crippen LogP contribution in [-0.2, 0) is 11.3 Å². The molecule has 0 heterocycles. The van der Waals surface area contributed by atoms with Crippen LogP contribution >= 0.6 is 0 Å². The number of aryl methyl sites for hydroxylation is 1. The van der Waals surface area contributed by atoms with Gasteiger partial charge in [0.05, 0.1) is 6.54 Å². The Kier molecular flexibility index (Phi) is 5.15. The Hall–Kier alpha value is -1.15. The molecule has 1 saturated carbocycles. The third kappa shape index (κ3) is 4.46. The molecule has 1 aliphatic carbocycles. The number of likely N-dealkylation sites (N-methyl/N-ethyl adjacent to an activating group) is 1. The van der Waals surface area contributed by atoms with Gasteiger partial charge in [-0.05, 0) is 32.4 Å². The van der Waals surface area contributed by atoms with E-state index in [2.05, 4.69) is 36.1 Å². The first-order chi connectivity index (χ1) is 9.15. The van der Waals surface area contributed by atoms with Crippen LogP contribution in [0.1, 0.15) is 43.2 Å². The Morgan fingerprint density at radius 3 is 2.68 bits per heavy atom. The molecule has 0 aliphatic heterocycles. The molecule has 2 heteroatoms. The number of ketones is 1. The van der Waals surface area contributed by atoms with Gasteiger partial charge in [0.1, 0.15) is 5.78 Å². The fourth-order valence-electron chi connectivity index (χ4n) is 3.00. The normalized spacial score (nSPS) is 16.8. The van der Waals surface area contributed by atoms with Crippen LogP contribution in [0, 0.1) is 12.8 Å². The predicted octanol–water partition coefficient (Wildman–Crippen LogP) is 3.58. The maximum Gasteiger partial charge on any atom is 0.149 e. The quantitative estimate of drug-likeness (QED) is 0.805. The number of rotatable bonds is 5. The van der Waals surface area contributed by atoms with E-state index in [1.807, 2.05) is 7.05 Å². The van der Waals surface area contributed by atoms with Crippen molar-refractivity contribution in [2.75, 3.05) is 13.6 Å². The lowest BCUT2D eigenvalue weighted by Crippen LogP contribution is -2.31. The average molecular weight is 259 g/mol. The minimum absolute atomic E-state index is 0.328. The van der Waals surface area contributed by atoms with E-state index in [9.17, 15) is 4.79 Å². The van der Waals surface area contributed by atoms with Gasteiger partial charge in [0, 0.05) is 12.5 Å². The Morgan fingerprint density at radius 1 is 1.26 bits per heavy atom. The van der Waals surface area contributed by atoms with E-state index in [1.165, 1.54) is 30.4 Å². The largest absolute Gasteiger partial charge is 0.298 e. The minimum Gasteiger partial charge on any atom is -0.298 e. The van der Waals surface area contributed by atoms with E-state index in [1.54, 1.807) is 0 Å². The molecule has 0 spiro atoms. The Bertz CT molecular complexity index is 421. The number of hydrogen-bond acceptors (Lipinski definition) is 2. The summed E-state index contributed by atoms with van der Waals surface area (Å²) < 4.78 is 0. The monoisotopic (exact) mass is 259 g/mol. The number of Topliss-reactive ketones (excluding diaryl/α,β-unsaturated/α-hetero) is 1. The summed E-state index contributed by atoms with van der Waals surface area (Å²) in [5.74, 6) is 0.767. The highest BCUT2D eigenvalue weighted by molar-refractivity contribution is 5.83. The van der Waals surface area contributed by atoms with Gasteiger partial charge in [-0.1, -0.05) is 49.1 Å². The van der Waals surface area contributed by atoms with E-state index in [-0.39, 0.29) is 0 Å². The van der Waals surface area contributed by atoms with Gasteiger partial charge in [-0.25, -0.2) is 0 Å². The van der Waals surface area contributed by atoms with Crippen LogP contribution in [0.15, 0.2) is 24.3 Å². The van der Waals surface area contributed by atoms with Gasteiger partial charge in [-0.2, -0.15) is 0 Å². The van der Waals surface area contributed by atoms with E-state index in [4.69, 9.17) is 0 Å². The highest BCUT2D eigenvalue weighted by atomic mass is 16.1. The molecule has 2 rings (SSSR count). The first-order valence-electron chi connectivity index (χ1n) is 7.42. The number of nitrogens with zero attached hydrogens (tertiary/aromatic N) is 1. The van der Waals surface area contributed by atoms with Gasteiger partial charge in [-0.3, -0.25) is 9.69 Å². The van der Waals surface area contributed by atoms with E-state index in [0.29, 0.717) is 18.2 Å². The maximum absolute atomic E-state index is 12.2. The fourth-order valence-corrected chi connectivity index (χ4v) is 3.00. The maximum atomic E-state index is 12.2. The smallest absolute Gasteiger partial charge is 0.149 e. The lowest BCUT2D eigenvalue weighted by atomic mass is 9.86. The molecule has 1 fully saturated rings. The third-order valence-electron chi connectivity index (χ3n) is 4.02. The summed E-state index contributed by atoms with van der Waals surface area (Å²) in [6, 6.07) is 8.52. The molecule has 19 heavy (non-hydrogen) atoms. The van der Waals surface area contributed by atoms with Crippen LogP contribution in [0.4, 0.5) is 0 Å². The summed E-state index contributed by atoms with van der Waals surface area (Å²) in [7, 11) is 2.04. The van der Waals surface area contributed by atoms with Crippen LogP contribution < -0.4 is 0 Å². The Morgan fingerprint density at radius 2 is 2.00 bits per heavy atom. The standard InChI is InChI=1S/C17H25NO/c1-14-7-6-8-15(11-14)12-18(2)13-17(19)16-9-4-3-5-10-16/h6-8,11,16H,3-5,9-10,12-13H2,1-2H3. The summed E-state index contributed by atoms with van der Waals surface area (Å²) in [5, 5.41) is 0. The van der Waals surface area contributed by atoms with Crippen molar-refractivity contribution in [3.8, 4) is 0 Å². The molecular weight excluding hydrogens is 234 g/mol. The number of carbonyl (C=O) groups excluding carboxylic acids is 1. The highest BCUT2D eigenvalue weighted by Crippen LogP contribution is 2.24. The van der Waals surface area contributed by atoms with Crippen molar-refractivity contribution in [3.05, 3.63) is 35.4 Å². The van der Waals surface area contributed by atoms with Gasteiger partial charge in [0.25, 0.3) is 0 Å². The van der Waals surface area contributed by atoms with Crippen molar-refractivity contribution in [2.24, 2.45) is 5.92 Å². The Labute approximate surface area is 116 Å². The third-order valence-corrected chi connectivity index (χ3v) is 4.02. The molecule has 0 amide bonds. The fraction of sp³-hybridized carbons (Fsp3) is 0.588. The second-order valence-corrected chi connectivity index (χ2v) is 5.96. The molecule has 1 aromatic carbocycles. The summed E-state index contributed by atoms with van der Waals surface area (Å²) in [5.41, 5.74) is 2.57. The number of benzene rings is 1. The zero-order valence-corrected chi connectivity index (χ0v) is 12.2. The second kappa shape index (κ2) is 6.85. The molecule has 0 aromatic heterocycles. The molecule has 2 nitrogen and oxygen atoms in total. The van der Waals surface area contributed by atoms with Crippen LogP contribution in [0.25, 0.3) is 0 Å². The second-order valence-electron chi connectivity index (χ2n) is 5.96. The van der Waals surface area contributed by atoms with Gasteiger partial charge >= 0.3 is 0 Å². The zero-order valence-electron chi connectivity index (χ0n) is 12.2. The van der Waals surface area contributed by atoms with E-state index >= 15 is 0 Å². The number of hydrogen-bond donors (Lipinski definition) is 0. The van der Waals surface area contributed by atoms with Gasteiger partial charge in [-0.15, -0.1) is 0 Å². The molecule has 104 valence electrons. The first kappa shape index (κ1) is 14.3. The molecule has 1 aromatic rings. The van der Waals surface area contributed by atoms with Gasteiger partial charge in [0.15, 0.2) is 0 Å². The lowest BCUT2D eigenvalue weighted by Gasteiger charge is -2.23. The molecule has 0 saturated heterocycles. The number of carbonyl (C=O) groups is 1. The molecule has 0 radical (unpaired) electrons. The van der Waals surface area contributed by atoms with Crippen LogP contribution in [0.5, 0.6) is 0 Å². The topological polar surface area (TPSA) is 20.3 Å². The molecule has 0 bridgehead atoms. The van der Waals surface area contributed by atoms with Crippen molar-refractivity contribution in [1.29, 1.82) is 0 Å². The predicted molar refractivity (Wildman–Crippen MR) is 79.1 cm³/mol. The van der Waals surface area contributed by atoms with Crippen LogP contribution in [0.2, 0.25) is 0 Å². The van der Waals surface area contributed by atoms with Crippen LogP contribution in [-0.4, -0.2) is 24.3 Å². The van der Waals surface area contributed by atoms with E-state index < -0.39 is 0 Å². The summed E-state index contributed by atoms with van der Waals surface area (Å²) in [6.45, 7) is 3.56. The molecule has 0 N–H and O–H groups in total. The first-order valence-corrected chi connectivity index (χ1v) is 7.42. The summed E-state index contributed by atoms with van der Waals surface area (Å²) in [6.07, 6.45) is 5.99. The summed E-state index contributed by atoms with van der Waals surface area (Å²) in [4.78, 5) is 14.4. The van der Waals surface area contributed by atoms with Gasteiger partial charge < -0.3 is 0 Å². The molecular formula is C17H25NO. The van der Waals surface area contributed by atoms with Crippen LogP contribution in [0.3, 0.4) is 0 Å².